The first-order chi connectivity index (χ1) is 9.42. The van der Waals surface area contributed by atoms with Crippen molar-refractivity contribution in [1.29, 1.82) is 0 Å². The van der Waals surface area contributed by atoms with Crippen molar-refractivity contribution in [3.05, 3.63) is 42.4 Å². The molecule has 0 bridgehead atoms. The number of nitrogens with one attached hydrogen (secondary N) is 2. The van der Waals surface area contributed by atoms with Crippen LogP contribution in [0.3, 0.4) is 0 Å². The summed E-state index contributed by atoms with van der Waals surface area (Å²) in [5.41, 5.74) is 3.62. The highest BCUT2D eigenvalue weighted by molar-refractivity contribution is 5.62. The molecule has 0 saturated heterocycles. The average molecular weight is 257 g/mol. The summed E-state index contributed by atoms with van der Waals surface area (Å²) in [5.74, 6) is 0. The molecule has 3 nitrogen and oxygen atoms in total. The molecule has 0 aliphatic carbocycles. The summed E-state index contributed by atoms with van der Waals surface area (Å²) in [7, 11) is 0. The summed E-state index contributed by atoms with van der Waals surface area (Å²) >= 11 is 0. The van der Waals surface area contributed by atoms with Gasteiger partial charge < -0.3 is 10.3 Å². The van der Waals surface area contributed by atoms with Crippen LogP contribution in [0.25, 0.3) is 11.3 Å². The van der Waals surface area contributed by atoms with E-state index in [9.17, 15) is 0 Å². The molecule has 2 N–H and O–H groups in total. The van der Waals surface area contributed by atoms with E-state index >= 15 is 0 Å². The third-order valence-corrected chi connectivity index (χ3v) is 3.32. The Kier molecular flexibility index (Phi) is 5.63. The maximum Gasteiger partial charge on any atom is 0.0927 e. The molecule has 0 saturated carbocycles. The quantitative estimate of drug-likeness (QED) is 0.712. The molecule has 19 heavy (non-hydrogen) atoms. The number of hydrogen-bond donors (Lipinski definition) is 2. The van der Waals surface area contributed by atoms with Crippen LogP contribution in [0.1, 0.15) is 31.7 Å². The van der Waals surface area contributed by atoms with Crippen molar-refractivity contribution < 1.29 is 0 Å². The fourth-order valence-electron chi connectivity index (χ4n) is 2.24. The summed E-state index contributed by atoms with van der Waals surface area (Å²) in [5, 5.41) is 3.51. The van der Waals surface area contributed by atoms with Gasteiger partial charge in [-0.2, -0.15) is 0 Å². The van der Waals surface area contributed by atoms with E-state index < -0.39 is 0 Å². The molecule has 102 valence electrons. The predicted molar refractivity (Wildman–Crippen MR) is 80.1 cm³/mol. The molecule has 0 fully saturated rings. The zero-order valence-corrected chi connectivity index (χ0v) is 11.7. The highest BCUT2D eigenvalue weighted by Crippen LogP contribution is 2.21. The van der Waals surface area contributed by atoms with E-state index in [4.69, 9.17) is 0 Å². The van der Waals surface area contributed by atoms with Crippen LogP contribution < -0.4 is 5.32 Å². The Bertz CT molecular complexity index is 463. The normalized spacial score (nSPS) is 10.8. The molecule has 1 aromatic heterocycles. The molecule has 0 aliphatic rings. The fraction of sp³-hybridized carbons (Fsp3) is 0.438. The third kappa shape index (κ3) is 4.21. The third-order valence-electron chi connectivity index (χ3n) is 3.32. The van der Waals surface area contributed by atoms with Gasteiger partial charge in [0.2, 0.25) is 0 Å². The van der Waals surface area contributed by atoms with Gasteiger partial charge in [-0.3, -0.25) is 0 Å². The summed E-state index contributed by atoms with van der Waals surface area (Å²) in [6.07, 6.45) is 8.61. The van der Waals surface area contributed by atoms with E-state index in [1.165, 1.54) is 30.4 Å². The Morgan fingerprint density at radius 2 is 2.05 bits per heavy atom. The zero-order chi connectivity index (χ0) is 13.3. The van der Waals surface area contributed by atoms with Crippen LogP contribution in [0.5, 0.6) is 0 Å². The minimum atomic E-state index is 1.03. The molecule has 0 amide bonds. The lowest BCUT2D eigenvalue weighted by atomic mass is 10.0. The number of unbranched alkanes of at least 4 members (excludes halogenated alkanes) is 2. The van der Waals surface area contributed by atoms with E-state index in [-0.39, 0.29) is 0 Å². The van der Waals surface area contributed by atoms with E-state index in [2.05, 4.69) is 46.5 Å². The minimum Gasteiger partial charge on any atom is -0.351 e. The van der Waals surface area contributed by atoms with Gasteiger partial charge in [-0.05, 0) is 31.5 Å². The number of imidazole rings is 1. The van der Waals surface area contributed by atoms with Crippen molar-refractivity contribution in [2.24, 2.45) is 0 Å². The first-order valence-electron chi connectivity index (χ1n) is 7.19. The van der Waals surface area contributed by atoms with Gasteiger partial charge in [-0.1, -0.05) is 44.0 Å². The Balaban J connectivity index is 1.87. The smallest absolute Gasteiger partial charge is 0.0927 e. The highest BCUT2D eigenvalue weighted by atomic mass is 14.9. The largest absolute Gasteiger partial charge is 0.351 e. The predicted octanol–water partition coefficient (Wildman–Crippen LogP) is 3.40. The van der Waals surface area contributed by atoms with Crippen molar-refractivity contribution in [2.75, 3.05) is 13.1 Å². The van der Waals surface area contributed by atoms with E-state index in [0.717, 1.165) is 25.2 Å². The molecule has 1 heterocycles. The topological polar surface area (TPSA) is 40.7 Å². The number of hydrogen-bond acceptors (Lipinski definition) is 2. The number of aromatic nitrogens is 2. The van der Waals surface area contributed by atoms with Crippen LogP contribution in [-0.2, 0) is 6.42 Å². The number of rotatable bonds is 8. The van der Waals surface area contributed by atoms with Gasteiger partial charge in [-0.15, -0.1) is 0 Å². The standard InChI is InChI=1S/C16H23N3/c1-2-3-6-10-17-11-9-14-7-4-5-8-15(14)16-12-18-13-19-16/h4-5,7-8,12-13,17H,2-3,6,9-11H2,1H3,(H,18,19). The molecule has 0 unspecified atom stereocenters. The van der Waals surface area contributed by atoms with Crippen LogP contribution in [0, 0.1) is 0 Å². The van der Waals surface area contributed by atoms with Gasteiger partial charge in [0, 0.05) is 11.8 Å². The molecule has 3 heteroatoms. The van der Waals surface area contributed by atoms with Crippen molar-refractivity contribution in [3.63, 3.8) is 0 Å². The molecular formula is C16H23N3. The zero-order valence-electron chi connectivity index (χ0n) is 11.7. The SMILES string of the molecule is CCCCCNCCc1ccccc1-c1c[nH]cn1. The Morgan fingerprint density at radius 1 is 1.16 bits per heavy atom. The molecular weight excluding hydrogens is 234 g/mol. The maximum atomic E-state index is 4.34. The van der Waals surface area contributed by atoms with E-state index in [1.807, 2.05) is 6.20 Å². The van der Waals surface area contributed by atoms with Crippen LogP contribution in [0.15, 0.2) is 36.8 Å². The highest BCUT2D eigenvalue weighted by Gasteiger charge is 2.05. The lowest BCUT2D eigenvalue weighted by molar-refractivity contribution is 0.617. The van der Waals surface area contributed by atoms with Crippen molar-refractivity contribution in [3.8, 4) is 11.3 Å². The molecule has 2 rings (SSSR count). The lowest BCUT2D eigenvalue weighted by Crippen LogP contribution is -2.18. The molecule has 0 atom stereocenters. The van der Waals surface area contributed by atoms with Gasteiger partial charge in [0.1, 0.15) is 0 Å². The van der Waals surface area contributed by atoms with Crippen LogP contribution in [0.4, 0.5) is 0 Å². The second kappa shape index (κ2) is 7.74. The monoisotopic (exact) mass is 257 g/mol. The summed E-state index contributed by atoms with van der Waals surface area (Å²) < 4.78 is 0. The maximum absolute atomic E-state index is 4.34. The van der Waals surface area contributed by atoms with Gasteiger partial charge in [-0.25, -0.2) is 4.98 Å². The minimum absolute atomic E-state index is 1.03. The number of nitrogens with zero attached hydrogens (tertiary/aromatic N) is 1. The van der Waals surface area contributed by atoms with E-state index in [0.29, 0.717) is 0 Å². The summed E-state index contributed by atoms with van der Waals surface area (Å²) in [6, 6.07) is 8.51. The van der Waals surface area contributed by atoms with Gasteiger partial charge >= 0.3 is 0 Å². The lowest BCUT2D eigenvalue weighted by Gasteiger charge is -2.08. The molecule has 0 aliphatic heterocycles. The van der Waals surface area contributed by atoms with Crippen LogP contribution >= 0.6 is 0 Å². The first-order valence-corrected chi connectivity index (χ1v) is 7.19. The van der Waals surface area contributed by atoms with Gasteiger partial charge in [0.15, 0.2) is 0 Å². The summed E-state index contributed by atoms with van der Waals surface area (Å²) in [4.78, 5) is 7.36. The van der Waals surface area contributed by atoms with E-state index in [1.54, 1.807) is 6.33 Å². The van der Waals surface area contributed by atoms with Crippen molar-refractivity contribution in [2.45, 2.75) is 32.6 Å². The number of aromatic amines is 1. The molecule has 2 aromatic rings. The fourth-order valence-corrected chi connectivity index (χ4v) is 2.24. The summed E-state index contributed by atoms with van der Waals surface area (Å²) in [6.45, 7) is 4.39. The Hall–Kier alpha value is -1.61. The first kappa shape index (κ1) is 13.8. The molecule has 0 radical (unpaired) electrons. The molecule has 1 aromatic carbocycles. The van der Waals surface area contributed by atoms with Crippen LogP contribution in [-0.4, -0.2) is 23.1 Å². The second-order valence-corrected chi connectivity index (χ2v) is 4.82. The molecule has 0 spiro atoms. The Labute approximate surface area is 115 Å². The second-order valence-electron chi connectivity index (χ2n) is 4.82. The van der Waals surface area contributed by atoms with Crippen LogP contribution in [0.2, 0.25) is 0 Å². The van der Waals surface area contributed by atoms with Gasteiger partial charge in [0.05, 0.1) is 12.0 Å². The van der Waals surface area contributed by atoms with Gasteiger partial charge in [0.25, 0.3) is 0 Å². The average Bonchev–Trinajstić information content (AvgIpc) is 2.97. The number of benzene rings is 1. The van der Waals surface area contributed by atoms with Crippen molar-refractivity contribution >= 4 is 0 Å². The Morgan fingerprint density at radius 3 is 2.84 bits per heavy atom. The number of H-pyrrole nitrogens is 1. The van der Waals surface area contributed by atoms with Crippen molar-refractivity contribution in [1.82, 2.24) is 15.3 Å².